The zero-order valence-corrected chi connectivity index (χ0v) is 13.8. The van der Waals surface area contributed by atoms with Crippen molar-refractivity contribution in [2.24, 2.45) is 0 Å². The summed E-state index contributed by atoms with van der Waals surface area (Å²) in [6.45, 7) is 0.604. The van der Waals surface area contributed by atoms with Crippen LogP contribution in [-0.4, -0.2) is 18.3 Å². The topological polar surface area (TPSA) is 18.5 Å². The molecule has 1 aliphatic heterocycles. The molecule has 0 amide bonds. The molecule has 1 aliphatic carbocycles. The summed E-state index contributed by atoms with van der Waals surface area (Å²) in [7, 11) is 0. The summed E-state index contributed by atoms with van der Waals surface area (Å²) >= 11 is 11.9. The molecule has 4 heteroatoms. The second-order valence-corrected chi connectivity index (χ2v) is 6.92. The molecule has 0 aromatic heterocycles. The number of hydrogen-bond acceptors (Lipinski definition) is 2. The Balaban J connectivity index is 1.56. The Labute approximate surface area is 136 Å². The molecule has 1 heterocycles. The molecule has 1 saturated heterocycles. The van der Waals surface area contributed by atoms with Gasteiger partial charge >= 0.3 is 0 Å². The molecule has 21 heavy (non-hydrogen) atoms. The van der Waals surface area contributed by atoms with Gasteiger partial charge in [-0.15, -0.1) is 11.6 Å². The average molecular weight is 329 g/mol. The SMILES string of the molecule is ClCc1cc(Cl)ccc1OCC1CCC2(CCCCC2)O1. The van der Waals surface area contributed by atoms with Crippen LogP contribution in [0.5, 0.6) is 5.75 Å². The van der Waals surface area contributed by atoms with Crippen LogP contribution in [0.2, 0.25) is 5.02 Å². The van der Waals surface area contributed by atoms with Crippen LogP contribution in [-0.2, 0) is 10.6 Å². The van der Waals surface area contributed by atoms with Crippen LogP contribution in [0.4, 0.5) is 0 Å². The maximum atomic E-state index is 6.32. The molecule has 116 valence electrons. The van der Waals surface area contributed by atoms with E-state index >= 15 is 0 Å². The molecule has 2 aliphatic rings. The van der Waals surface area contributed by atoms with E-state index in [1.54, 1.807) is 0 Å². The highest BCUT2D eigenvalue weighted by Crippen LogP contribution is 2.42. The minimum absolute atomic E-state index is 0.154. The molecular formula is C17H22Cl2O2. The standard InChI is InChI=1S/C17H22Cl2O2/c18-11-13-10-14(19)4-5-16(13)20-12-15-6-9-17(21-15)7-2-1-3-8-17/h4-5,10,15H,1-3,6-9,11-12H2. The molecule has 3 rings (SSSR count). The van der Waals surface area contributed by atoms with Gasteiger partial charge in [0.05, 0.1) is 17.6 Å². The van der Waals surface area contributed by atoms with E-state index in [1.807, 2.05) is 18.2 Å². The lowest BCUT2D eigenvalue weighted by Crippen LogP contribution is -2.32. The Bertz CT molecular complexity index is 484. The number of hydrogen-bond donors (Lipinski definition) is 0. The predicted octanol–water partition coefficient (Wildman–Crippen LogP) is 5.34. The minimum atomic E-state index is 0.154. The van der Waals surface area contributed by atoms with Gasteiger partial charge in [0.1, 0.15) is 12.4 Å². The van der Waals surface area contributed by atoms with Crippen LogP contribution in [0.15, 0.2) is 18.2 Å². The lowest BCUT2D eigenvalue weighted by molar-refractivity contribution is -0.0749. The molecule has 0 bridgehead atoms. The molecular weight excluding hydrogens is 307 g/mol. The van der Waals surface area contributed by atoms with Gasteiger partial charge in [-0.25, -0.2) is 0 Å². The fourth-order valence-electron chi connectivity index (χ4n) is 3.55. The summed E-state index contributed by atoms with van der Waals surface area (Å²) in [5.41, 5.74) is 1.09. The Morgan fingerprint density at radius 3 is 2.76 bits per heavy atom. The Morgan fingerprint density at radius 2 is 2.00 bits per heavy atom. The number of alkyl halides is 1. The van der Waals surface area contributed by atoms with Gasteiger partial charge in [-0.1, -0.05) is 30.9 Å². The van der Waals surface area contributed by atoms with Gasteiger partial charge in [-0.05, 0) is 43.9 Å². The molecule has 2 nitrogen and oxygen atoms in total. The Morgan fingerprint density at radius 1 is 1.19 bits per heavy atom. The van der Waals surface area contributed by atoms with Crippen LogP contribution in [0.1, 0.15) is 50.5 Å². The first kappa shape index (κ1) is 15.5. The zero-order valence-electron chi connectivity index (χ0n) is 12.2. The maximum Gasteiger partial charge on any atom is 0.123 e. The smallest absolute Gasteiger partial charge is 0.123 e. The van der Waals surface area contributed by atoms with Crippen molar-refractivity contribution in [3.63, 3.8) is 0 Å². The minimum Gasteiger partial charge on any atom is -0.491 e. The summed E-state index contributed by atoms with van der Waals surface area (Å²) in [5, 5.41) is 0.691. The molecule has 1 aromatic carbocycles. The molecule has 1 spiro atoms. The van der Waals surface area contributed by atoms with Crippen molar-refractivity contribution >= 4 is 23.2 Å². The largest absolute Gasteiger partial charge is 0.491 e. The zero-order chi connectivity index (χ0) is 14.7. The Kier molecular flexibility index (Phi) is 4.98. The summed E-state index contributed by atoms with van der Waals surface area (Å²) < 4.78 is 12.3. The van der Waals surface area contributed by atoms with Crippen LogP contribution in [0.3, 0.4) is 0 Å². The van der Waals surface area contributed by atoms with Crippen molar-refractivity contribution < 1.29 is 9.47 Å². The van der Waals surface area contributed by atoms with Crippen molar-refractivity contribution in [3.05, 3.63) is 28.8 Å². The van der Waals surface area contributed by atoms with Gasteiger partial charge in [0.2, 0.25) is 0 Å². The molecule has 1 unspecified atom stereocenters. The average Bonchev–Trinajstić information content (AvgIpc) is 2.89. The lowest BCUT2D eigenvalue weighted by atomic mass is 9.83. The van der Waals surface area contributed by atoms with E-state index in [0.29, 0.717) is 17.5 Å². The normalized spacial score (nSPS) is 24.4. The van der Waals surface area contributed by atoms with Gasteiger partial charge in [0.25, 0.3) is 0 Å². The Hall–Kier alpha value is -0.440. The van der Waals surface area contributed by atoms with Crippen molar-refractivity contribution in [3.8, 4) is 5.75 Å². The molecule has 1 atom stereocenters. The first-order valence-electron chi connectivity index (χ1n) is 7.86. The second-order valence-electron chi connectivity index (χ2n) is 6.22. The number of halogens is 2. The predicted molar refractivity (Wildman–Crippen MR) is 86.4 cm³/mol. The third-order valence-electron chi connectivity index (χ3n) is 4.69. The van der Waals surface area contributed by atoms with Crippen LogP contribution in [0, 0.1) is 0 Å². The van der Waals surface area contributed by atoms with Crippen molar-refractivity contribution in [1.82, 2.24) is 0 Å². The summed E-state index contributed by atoms with van der Waals surface area (Å²) in [6, 6.07) is 5.60. The number of rotatable bonds is 4. The van der Waals surface area contributed by atoms with Gasteiger partial charge in [0, 0.05) is 10.6 Å². The van der Waals surface area contributed by atoms with E-state index in [2.05, 4.69) is 0 Å². The van der Waals surface area contributed by atoms with Crippen LogP contribution < -0.4 is 4.74 Å². The summed E-state index contributed by atoms with van der Waals surface area (Å²) in [4.78, 5) is 0. The maximum absolute atomic E-state index is 6.32. The van der Waals surface area contributed by atoms with E-state index < -0.39 is 0 Å². The summed E-state index contributed by atoms with van der Waals surface area (Å²) in [6.07, 6.45) is 8.91. The van der Waals surface area contributed by atoms with Gasteiger partial charge in [0.15, 0.2) is 0 Å². The van der Waals surface area contributed by atoms with E-state index in [-0.39, 0.29) is 11.7 Å². The highest BCUT2D eigenvalue weighted by atomic mass is 35.5. The highest BCUT2D eigenvalue weighted by Gasteiger charge is 2.40. The quantitative estimate of drug-likeness (QED) is 0.694. The van der Waals surface area contributed by atoms with E-state index in [1.165, 1.54) is 38.5 Å². The van der Waals surface area contributed by atoms with Crippen molar-refractivity contribution in [2.75, 3.05) is 6.61 Å². The van der Waals surface area contributed by atoms with Gasteiger partial charge in [-0.2, -0.15) is 0 Å². The second kappa shape index (κ2) is 6.76. The van der Waals surface area contributed by atoms with Crippen molar-refractivity contribution in [1.29, 1.82) is 0 Å². The van der Waals surface area contributed by atoms with Crippen LogP contribution >= 0.6 is 23.2 Å². The molecule has 2 fully saturated rings. The fraction of sp³-hybridized carbons (Fsp3) is 0.647. The fourth-order valence-corrected chi connectivity index (χ4v) is 3.96. The number of ether oxygens (including phenoxy) is 2. The molecule has 0 radical (unpaired) electrons. The van der Waals surface area contributed by atoms with Crippen molar-refractivity contribution in [2.45, 2.75) is 62.5 Å². The number of benzene rings is 1. The van der Waals surface area contributed by atoms with Gasteiger partial charge < -0.3 is 9.47 Å². The molecule has 1 saturated carbocycles. The lowest BCUT2D eigenvalue weighted by Gasteiger charge is -2.33. The highest BCUT2D eigenvalue weighted by molar-refractivity contribution is 6.30. The summed E-state index contributed by atoms with van der Waals surface area (Å²) in [5.74, 6) is 1.23. The first-order valence-corrected chi connectivity index (χ1v) is 8.77. The molecule has 0 N–H and O–H groups in total. The van der Waals surface area contributed by atoms with Crippen LogP contribution in [0.25, 0.3) is 0 Å². The third-order valence-corrected chi connectivity index (χ3v) is 5.22. The van der Waals surface area contributed by atoms with E-state index in [9.17, 15) is 0 Å². The van der Waals surface area contributed by atoms with E-state index in [4.69, 9.17) is 32.7 Å². The third kappa shape index (κ3) is 3.67. The van der Waals surface area contributed by atoms with E-state index in [0.717, 1.165) is 17.7 Å². The van der Waals surface area contributed by atoms with Gasteiger partial charge in [-0.3, -0.25) is 0 Å². The monoisotopic (exact) mass is 328 g/mol. The molecule has 1 aromatic rings. The first-order chi connectivity index (χ1) is 10.2.